The first kappa shape index (κ1) is 30.6. The molecule has 34 heavy (non-hydrogen) atoms. The largest absolute Gasteiger partial charge is 0.425 e. The predicted molar refractivity (Wildman–Crippen MR) is 123 cm³/mol. The Morgan fingerprint density at radius 3 is 1.79 bits per heavy atom. The van der Waals surface area contributed by atoms with Crippen LogP contribution in [-0.2, 0) is 29.4 Å². The number of carbonyl (C=O) groups is 1. The van der Waals surface area contributed by atoms with Crippen molar-refractivity contribution in [2.75, 3.05) is 13.2 Å². The second kappa shape index (κ2) is 11.5. The first-order valence-electron chi connectivity index (χ1n) is 11.1. The number of nitrogens with zero attached hydrogens (tertiary/aromatic N) is 1. The van der Waals surface area contributed by atoms with Crippen LogP contribution in [-0.4, -0.2) is 41.7 Å². The molecule has 7 nitrogen and oxygen atoms in total. The molecule has 1 rings (SSSR count). The highest BCUT2D eigenvalue weighted by Crippen LogP contribution is 2.60. The van der Waals surface area contributed by atoms with E-state index in [-0.39, 0.29) is 19.0 Å². The molecule has 0 aromatic heterocycles. The summed E-state index contributed by atoms with van der Waals surface area (Å²) in [5.41, 5.74) is -2.26. The van der Waals surface area contributed by atoms with Crippen molar-refractivity contribution in [2.24, 2.45) is 5.41 Å². The molecule has 2 atom stereocenters. The molecule has 0 bridgehead atoms. The molecule has 1 aromatic rings. The van der Waals surface area contributed by atoms with E-state index in [1.807, 2.05) is 41.5 Å². The molecule has 0 spiro atoms. The van der Waals surface area contributed by atoms with E-state index in [1.165, 1.54) is 12.0 Å². The zero-order valence-electron chi connectivity index (χ0n) is 21.4. The van der Waals surface area contributed by atoms with Crippen LogP contribution in [0.5, 0.6) is 5.75 Å². The van der Waals surface area contributed by atoms with Crippen molar-refractivity contribution in [3.63, 3.8) is 0 Å². The molecule has 0 aliphatic rings. The van der Waals surface area contributed by atoms with Gasteiger partial charge in [0.15, 0.2) is 6.10 Å². The third kappa shape index (κ3) is 8.34. The highest BCUT2D eigenvalue weighted by Gasteiger charge is 2.52. The monoisotopic (exact) mass is 511 g/mol. The van der Waals surface area contributed by atoms with Crippen LogP contribution in [0.15, 0.2) is 24.3 Å². The minimum Gasteiger partial charge on any atom is -0.425 e. The maximum Gasteiger partial charge on any atom is 0.416 e. The Labute approximate surface area is 200 Å². The molecular weight excluding hydrogens is 474 g/mol. The fraction of sp³-hybridized carbons (Fsp3) is 0.696. The van der Waals surface area contributed by atoms with E-state index in [0.29, 0.717) is 0 Å². The zero-order valence-corrected chi connectivity index (χ0v) is 22.3. The fourth-order valence-electron chi connectivity index (χ4n) is 3.20. The Kier molecular flexibility index (Phi) is 10.4. The Hall–Kier alpha value is -1.45. The minimum atomic E-state index is -4.50. The number of carbonyl (C=O) groups excluding carboxylic acids is 1. The molecule has 0 N–H and O–H groups in total. The Morgan fingerprint density at radius 2 is 1.44 bits per heavy atom. The summed E-state index contributed by atoms with van der Waals surface area (Å²) in [6, 6.07) is 3.77. The summed E-state index contributed by atoms with van der Waals surface area (Å²) in [5.74, 6) is -1.78. The highest BCUT2D eigenvalue weighted by molar-refractivity contribution is 7.54. The second-order valence-corrected chi connectivity index (χ2v) is 11.9. The summed E-state index contributed by atoms with van der Waals surface area (Å²) in [4.78, 5) is 18.7. The molecule has 0 heterocycles. The fourth-order valence-corrected chi connectivity index (χ4v) is 5.88. The number of benzene rings is 1. The Morgan fingerprint density at radius 1 is 0.971 bits per heavy atom. The van der Waals surface area contributed by atoms with Gasteiger partial charge < -0.3 is 13.8 Å². The summed E-state index contributed by atoms with van der Waals surface area (Å²) in [5, 5.41) is 1.44. The predicted octanol–water partition coefficient (Wildman–Crippen LogP) is 6.67. The number of ether oxygens (including phenoxy) is 1. The topological polar surface area (TPSA) is 74.3 Å². The summed E-state index contributed by atoms with van der Waals surface area (Å²) in [6.07, 6.45) is -5.67. The number of hydrogen-bond donors (Lipinski definition) is 0. The van der Waals surface area contributed by atoms with Crippen LogP contribution in [0.2, 0.25) is 0 Å². The second-order valence-electron chi connectivity index (χ2n) is 9.80. The Bertz CT molecular complexity index is 836. The lowest BCUT2D eigenvalue weighted by Crippen LogP contribution is -2.55. The van der Waals surface area contributed by atoms with Crippen molar-refractivity contribution in [1.82, 2.24) is 5.06 Å². The van der Waals surface area contributed by atoms with Crippen LogP contribution < -0.4 is 4.74 Å². The van der Waals surface area contributed by atoms with Gasteiger partial charge in [0.1, 0.15) is 11.5 Å². The van der Waals surface area contributed by atoms with Crippen molar-refractivity contribution < 1.29 is 41.2 Å². The van der Waals surface area contributed by atoms with Gasteiger partial charge in [0.2, 0.25) is 0 Å². The van der Waals surface area contributed by atoms with Crippen molar-refractivity contribution in [2.45, 2.75) is 85.9 Å². The lowest BCUT2D eigenvalue weighted by molar-refractivity contribution is -0.261. The first-order valence-corrected chi connectivity index (χ1v) is 12.7. The molecule has 0 radical (unpaired) electrons. The van der Waals surface area contributed by atoms with Gasteiger partial charge in [-0.15, -0.1) is 0 Å². The van der Waals surface area contributed by atoms with Crippen LogP contribution in [0.4, 0.5) is 13.2 Å². The molecule has 0 aliphatic carbocycles. The van der Waals surface area contributed by atoms with Crippen molar-refractivity contribution in [1.29, 1.82) is 0 Å². The molecule has 196 valence electrons. The average Bonchev–Trinajstić information content (AvgIpc) is 2.65. The van der Waals surface area contributed by atoms with Crippen molar-refractivity contribution in [3.05, 3.63) is 29.8 Å². The number of esters is 1. The number of halogens is 3. The van der Waals surface area contributed by atoms with Crippen molar-refractivity contribution >= 4 is 13.6 Å². The standard InChI is InChI=1S/C23H37F3NO6P/c1-10-30-34(29,31-11-2)20(21(4,5)6)27(22(7,8)9)33-16(3)19(28)32-18-14-12-17(13-15-18)23(24,25)26/h12-16,20H,10-11H2,1-9H3. The van der Waals surface area contributed by atoms with Gasteiger partial charge in [0.25, 0.3) is 0 Å². The van der Waals surface area contributed by atoms with Crippen LogP contribution in [0, 0.1) is 5.41 Å². The van der Waals surface area contributed by atoms with E-state index in [0.717, 1.165) is 24.3 Å². The minimum absolute atomic E-state index is 0.0579. The van der Waals surface area contributed by atoms with Gasteiger partial charge in [-0.1, -0.05) is 20.8 Å². The van der Waals surface area contributed by atoms with Crippen LogP contribution >= 0.6 is 7.60 Å². The third-order valence-corrected chi connectivity index (χ3v) is 7.40. The summed E-state index contributed by atoms with van der Waals surface area (Å²) in [6.45, 7) is 16.2. The Balaban J connectivity index is 3.22. The first-order chi connectivity index (χ1) is 15.4. The zero-order chi connectivity index (χ0) is 26.5. The molecule has 0 saturated heterocycles. The molecule has 1 aromatic carbocycles. The van der Waals surface area contributed by atoms with Gasteiger partial charge in [-0.05, 0) is 71.2 Å². The average molecular weight is 512 g/mol. The third-order valence-electron chi connectivity index (χ3n) is 4.58. The summed E-state index contributed by atoms with van der Waals surface area (Å²) < 4.78 is 68.6. The number of rotatable bonds is 10. The smallest absolute Gasteiger partial charge is 0.416 e. The van der Waals surface area contributed by atoms with Gasteiger partial charge >= 0.3 is 19.7 Å². The van der Waals surface area contributed by atoms with Gasteiger partial charge in [0.05, 0.1) is 18.8 Å². The SMILES string of the molecule is CCOP(=O)(OCC)C(N(OC(C)C(=O)Oc1ccc(C(F)(F)F)cc1)C(C)(C)C)C(C)(C)C. The van der Waals surface area contributed by atoms with Crippen molar-refractivity contribution in [3.8, 4) is 5.75 Å². The summed E-state index contributed by atoms with van der Waals surface area (Å²) in [7, 11) is -3.74. The quantitative estimate of drug-likeness (QED) is 0.150. The number of hydroxylamine groups is 2. The van der Waals surface area contributed by atoms with Crippen LogP contribution in [0.1, 0.15) is 67.9 Å². The van der Waals surface area contributed by atoms with E-state index in [4.69, 9.17) is 18.6 Å². The normalized spacial score (nSPS) is 15.3. The van der Waals surface area contributed by atoms with E-state index >= 15 is 0 Å². The van der Waals surface area contributed by atoms with E-state index < -0.39 is 48.1 Å². The number of hydrogen-bond acceptors (Lipinski definition) is 7. The molecular formula is C23H37F3NO6P. The lowest BCUT2D eigenvalue weighted by Gasteiger charge is -2.47. The van der Waals surface area contributed by atoms with Crippen LogP contribution in [0.3, 0.4) is 0 Å². The molecule has 11 heteroatoms. The van der Waals surface area contributed by atoms with Gasteiger partial charge in [-0.25, -0.2) is 4.79 Å². The molecule has 2 unspecified atom stereocenters. The van der Waals surface area contributed by atoms with E-state index in [2.05, 4.69) is 0 Å². The maximum atomic E-state index is 13.8. The van der Waals surface area contributed by atoms with Gasteiger partial charge in [-0.3, -0.25) is 9.40 Å². The van der Waals surface area contributed by atoms with Gasteiger partial charge in [0, 0.05) is 5.54 Å². The highest BCUT2D eigenvalue weighted by atomic mass is 31.2. The number of alkyl halides is 3. The molecule has 0 amide bonds. The molecule has 0 fully saturated rings. The molecule has 0 aliphatic heterocycles. The lowest BCUT2D eigenvalue weighted by atomic mass is 9.94. The van der Waals surface area contributed by atoms with Crippen LogP contribution in [0.25, 0.3) is 0 Å². The molecule has 0 saturated carbocycles. The van der Waals surface area contributed by atoms with Gasteiger partial charge in [-0.2, -0.15) is 18.2 Å². The van der Waals surface area contributed by atoms with E-state index in [9.17, 15) is 22.5 Å². The summed E-state index contributed by atoms with van der Waals surface area (Å²) >= 11 is 0. The maximum absolute atomic E-state index is 13.8. The van der Waals surface area contributed by atoms with E-state index in [1.54, 1.807) is 13.8 Å².